The molecule has 33 heavy (non-hydrogen) atoms. The van der Waals surface area contributed by atoms with Crippen LogP contribution in [0.15, 0.2) is 78.9 Å². The Morgan fingerprint density at radius 1 is 0.939 bits per heavy atom. The summed E-state index contributed by atoms with van der Waals surface area (Å²) in [4.78, 5) is 11.6. The van der Waals surface area contributed by atoms with E-state index in [1.165, 1.54) is 4.68 Å². The second-order valence-electron chi connectivity index (χ2n) is 7.38. The van der Waals surface area contributed by atoms with Crippen molar-refractivity contribution in [3.05, 3.63) is 101 Å². The van der Waals surface area contributed by atoms with Gasteiger partial charge in [-0.15, -0.1) is 0 Å². The minimum Gasteiger partial charge on any atom is -0.489 e. The van der Waals surface area contributed by atoms with Gasteiger partial charge in [0.05, 0.1) is 5.69 Å². The van der Waals surface area contributed by atoms with Crippen LogP contribution in [0, 0.1) is 0 Å². The van der Waals surface area contributed by atoms with Crippen molar-refractivity contribution < 1.29 is 19.4 Å². The van der Waals surface area contributed by atoms with Gasteiger partial charge in [0.2, 0.25) is 0 Å². The van der Waals surface area contributed by atoms with Gasteiger partial charge in [0.1, 0.15) is 30.4 Å². The molecule has 0 amide bonds. The summed E-state index contributed by atoms with van der Waals surface area (Å²) in [5, 5.41) is 14.6. The summed E-state index contributed by atoms with van der Waals surface area (Å²) in [7, 11) is 0. The molecule has 0 unspecified atom stereocenters. The first-order valence-corrected chi connectivity index (χ1v) is 10.9. The van der Waals surface area contributed by atoms with Gasteiger partial charge in [-0.05, 0) is 48.4 Å². The van der Waals surface area contributed by atoms with Crippen LogP contribution in [-0.2, 0) is 19.8 Å². The topological polar surface area (TPSA) is 73.6 Å². The van der Waals surface area contributed by atoms with E-state index in [1.807, 2.05) is 73.7 Å². The number of ether oxygens (including phenoxy) is 2. The van der Waals surface area contributed by atoms with Gasteiger partial charge < -0.3 is 14.6 Å². The van der Waals surface area contributed by atoms with Crippen LogP contribution in [0.4, 0.5) is 0 Å². The SMILES string of the molecule is CCn1nc(-c2ccc(OCc3ccc(Cl)cc3)cc2OCc2ccccc2)cc1C(=O)O. The Kier molecular flexibility index (Phi) is 6.95. The highest BCUT2D eigenvalue weighted by Crippen LogP contribution is 2.34. The van der Waals surface area contributed by atoms with Crippen molar-refractivity contribution in [1.82, 2.24) is 9.78 Å². The van der Waals surface area contributed by atoms with Gasteiger partial charge in [0.15, 0.2) is 0 Å². The highest BCUT2D eigenvalue weighted by molar-refractivity contribution is 6.30. The Balaban J connectivity index is 1.63. The molecule has 0 radical (unpaired) electrons. The van der Waals surface area contributed by atoms with Crippen LogP contribution < -0.4 is 9.47 Å². The summed E-state index contributed by atoms with van der Waals surface area (Å²) in [6, 6.07) is 24.3. The molecule has 1 aromatic heterocycles. The number of benzene rings is 3. The lowest BCUT2D eigenvalue weighted by Crippen LogP contribution is -2.08. The van der Waals surface area contributed by atoms with Crippen LogP contribution in [0.3, 0.4) is 0 Å². The van der Waals surface area contributed by atoms with Crippen LogP contribution in [0.5, 0.6) is 11.5 Å². The zero-order valence-corrected chi connectivity index (χ0v) is 18.8. The molecule has 0 spiro atoms. The second-order valence-corrected chi connectivity index (χ2v) is 7.82. The lowest BCUT2D eigenvalue weighted by atomic mass is 10.1. The number of aryl methyl sites for hydroxylation is 1. The Bertz CT molecular complexity index is 1240. The molecule has 0 saturated carbocycles. The maximum atomic E-state index is 11.6. The van der Waals surface area contributed by atoms with Crippen LogP contribution in [0.2, 0.25) is 5.02 Å². The van der Waals surface area contributed by atoms with Gasteiger partial charge in [0, 0.05) is 23.2 Å². The number of hydrogen-bond donors (Lipinski definition) is 1. The van der Waals surface area contributed by atoms with E-state index in [0.29, 0.717) is 47.5 Å². The first-order chi connectivity index (χ1) is 16.0. The fraction of sp³-hybridized carbons (Fsp3) is 0.154. The van der Waals surface area contributed by atoms with E-state index >= 15 is 0 Å². The lowest BCUT2D eigenvalue weighted by molar-refractivity contribution is 0.0683. The number of halogens is 1. The van der Waals surface area contributed by atoms with Crippen molar-refractivity contribution in [2.24, 2.45) is 0 Å². The Morgan fingerprint density at radius 2 is 1.64 bits per heavy atom. The van der Waals surface area contributed by atoms with Gasteiger partial charge in [0.25, 0.3) is 0 Å². The van der Waals surface area contributed by atoms with Gasteiger partial charge in [-0.2, -0.15) is 5.10 Å². The molecule has 0 saturated heterocycles. The van der Waals surface area contributed by atoms with E-state index in [4.69, 9.17) is 21.1 Å². The molecule has 0 aliphatic heterocycles. The zero-order valence-electron chi connectivity index (χ0n) is 18.1. The summed E-state index contributed by atoms with van der Waals surface area (Å²) < 4.78 is 13.6. The summed E-state index contributed by atoms with van der Waals surface area (Å²) in [5.41, 5.74) is 3.36. The minimum absolute atomic E-state index is 0.129. The number of carboxylic acid groups (broad SMARTS) is 1. The third-order valence-corrected chi connectivity index (χ3v) is 5.34. The first kappa shape index (κ1) is 22.4. The molecule has 0 fully saturated rings. The predicted octanol–water partition coefficient (Wildman–Crippen LogP) is 6.08. The number of hydrogen-bond acceptors (Lipinski definition) is 4. The van der Waals surface area contributed by atoms with Crippen LogP contribution in [-0.4, -0.2) is 20.9 Å². The summed E-state index contributed by atoms with van der Waals surface area (Å²) in [5.74, 6) is 0.167. The molecule has 7 heteroatoms. The fourth-order valence-corrected chi connectivity index (χ4v) is 3.49. The van der Waals surface area contributed by atoms with Crippen LogP contribution in [0.25, 0.3) is 11.3 Å². The molecule has 1 heterocycles. The maximum Gasteiger partial charge on any atom is 0.354 e. The van der Waals surface area contributed by atoms with Crippen molar-refractivity contribution in [2.45, 2.75) is 26.7 Å². The van der Waals surface area contributed by atoms with E-state index in [1.54, 1.807) is 12.1 Å². The van der Waals surface area contributed by atoms with Crippen LogP contribution in [0.1, 0.15) is 28.5 Å². The standard InChI is InChI=1S/C26H23ClN2O4/c1-2-29-24(26(30)31)15-23(28-29)22-13-12-21(32-16-19-8-10-20(27)11-9-19)14-25(22)33-17-18-6-4-3-5-7-18/h3-15H,2,16-17H2,1H3,(H,30,31). The van der Waals surface area contributed by atoms with Crippen molar-refractivity contribution in [3.63, 3.8) is 0 Å². The molecular weight excluding hydrogens is 440 g/mol. The highest BCUT2D eigenvalue weighted by Gasteiger charge is 2.18. The van der Waals surface area contributed by atoms with Crippen molar-refractivity contribution in [1.29, 1.82) is 0 Å². The maximum absolute atomic E-state index is 11.6. The minimum atomic E-state index is -1.02. The average Bonchev–Trinajstić information content (AvgIpc) is 3.28. The van der Waals surface area contributed by atoms with Gasteiger partial charge in [-0.3, -0.25) is 4.68 Å². The average molecular weight is 463 g/mol. The molecule has 0 aliphatic carbocycles. The number of rotatable bonds is 9. The number of aromatic nitrogens is 2. The monoisotopic (exact) mass is 462 g/mol. The van der Waals surface area contributed by atoms with E-state index in [-0.39, 0.29) is 5.69 Å². The van der Waals surface area contributed by atoms with E-state index in [2.05, 4.69) is 5.10 Å². The second kappa shape index (κ2) is 10.2. The Morgan fingerprint density at radius 3 is 2.30 bits per heavy atom. The summed E-state index contributed by atoms with van der Waals surface area (Å²) >= 11 is 5.95. The molecule has 0 aliphatic rings. The Hall–Kier alpha value is -3.77. The van der Waals surface area contributed by atoms with Crippen LogP contribution >= 0.6 is 11.6 Å². The van der Waals surface area contributed by atoms with E-state index in [0.717, 1.165) is 11.1 Å². The molecule has 0 bridgehead atoms. The quantitative estimate of drug-likeness (QED) is 0.326. The molecule has 168 valence electrons. The molecule has 4 aromatic rings. The summed E-state index contributed by atoms with van der Waals surface area (Å²) in [6.07, 6.45) is 0. The largest absolute Gasteiger partial charge is 0.489 e. The molecule has 4 rings (SSSR count). The normalized spacial score (nSPS) is 10.7. The van der Waals surface area contributed by atoms with Gasteiger partial charge >= 0.3 is 5.97 Å². The number of carbonyl (C=O) groups is 1. The molecule has 3 aromatic carbocycles. The van der Waals surface area contributed by atoms with Crippen molar-refractivity contribution in [2.75, 3.05) is 0 Å². The molecule has 1 N–H and O–H groups in total. The number of nitrogens with zero attached hydrogens (tertiary/aromatic N) is 2. The van der Waals surface area contributed by atoms with Gasteiger partial charge in [-0.25, -0.2) is 4.79 Å². The third kappa shape index (κ3) is 5.54. The first-order valence-electron chi connectivity index (χ1n) is 10.5. The predicted molar refractivity (Wildman–Crippen MR) is 127 cm³/mol. The smallest absolute Gasteiger partial charge is 0.354 e. The van der Waals surface area contributed by atoms with Gasteiger partial charge in [-0.1, -0.05) is 54.1 Å². The van der Waals surface area contributed by atoms with Crippen molar-refractivity contribution in [3.8, 4) is 22.8 Å². The van der Waals surface area contributed by atoms with E-state index < -0.39 is 5.97 Å². The Labute approximate surface area is 197 Å². The third-order valence-electron chi connectivity index (χ3n) is 5.08. The molecular formula is C26H23ClN2O4. The van der Waals surface area contributed by atoms with E-state index in [9.17, 15) is 9.90 Å². The number of carboxylic acids is 1. The van der Waals surface area contributed by atoms with Crippen molar-refractivity contribution >= 4 is 17.6 Å². The number of aromatic carboxylic acids is 1. The zero-order chi connectivity index (χ0) is 23.2. The molecule has 0 atom stereocenters. The summed E-state index contributed by atoms with van der Waals surface area (Å²) in [6.45, 7) is 3.03. The highest BCUT2D eigenvalue weighted by atomic mass is 35.5. The molecule has 6 nitrogen and oxygen atoms in total. The lowest BCUT2D eigenvalue weighted by Gasteiger charge is -2.13. The fourth-order valence-electron chi connectivity index (χ4n) is 3.37.